The fraction of sp³-hybridized carbons (Fsp3) is 0.571. The summed E-state index contributed by atoms with van der Waals surface area (Å²) < 4.78 is 39.5. The molecule has 3 aliphatic rings. The minimum Gasteiger partial charge on any atom is -0.322 e. The van der Waals surface area contributed by atoms with Crippen LogP contribution in [0.5, 0.6) is 0 Å². The van der Waals surface area contributed by atoms with Crippen LogP contribution in [0.3, 0.4) is 0 Å². The third-order valence-corrected chi connectivity index (χ3v) is 6.15. The number of alkyl halides is 3. The van der Waals surface area contributed by atoms with Crippen molar-refractivity contribution < 1.29 is 27.6 Å². The molecule has 1 aromatic carbocycles. The molecule has 0 aromatic heterocycles. The Kier molecular flexibility index (Phi) is 6.02. The van der Waals surface area contributed by atoms with Gasteiger partial charge in [-0.2, -0.15) is 13.2 Å². The molecule has 31 heavy (non-hydrogen) atoms. The molecule has 4 rings (SSSR count). The zero-order valence-corrected chi connectivity index (χ0v) is 17.0. The molecule has 0 spiro atoms. The zero-order chi connectivity index (χ0) is 22.2. The highest BCUT2D eigenvalue weighted by molar-refractivity contribution is 6.05. The Morgan fingerprint density at radius 3 is 2.65 bits per heavy atom. The topological polar surface area (TPSA) is 81.8 Å². The van der Waals surface area contributed by atoms with E-state index in [9.17, 15) is 27.6 Å². The molecule has 1 aromatic rings. The lowest BCUT2D eigenvalue weighted by atomic mass is 10.0. The van der Waals surface area contributed by atoms with Crippen molar-refractivity contribution in [3.8, 4) is 0 Å². The zero-order valence-electron chi connectivity index (χ0n) is 17.0. The summed E-state index contributed by atoms with van der Waals surface area (Å²) in [5.74, 6) is -1.17. The molecule has 2 atom stereocenters. The van der Waals surface area contributed by atoms with Crippen LogP contribution in [0.2, 0.25) is 0 Å². The molecule has 168 valence electrons. The Bertz CT molecular complexity index is 883. The number of halogens is 3. The van der Waals surface area contributed by atoms with Gasteiger partial charge >= 0.3 is 6.18 Å². The first kappa shape index (κ1) is 21.8. The van der Waals surface area contributed by atoms with E-state index < -0.39 is 24.7 Å². The predicted molar refractivity (Wildman–Crippen MR) is 105 cm³/mol. The number of benzene rings is 1. The van der Waals surface area contributed by atoms with Gasteiger partial charge in [0.15, 0.2) is 0 Å². The van der Waals surface area contributed by atoms with E-state index >= 15 is 0 Å². The SMILES string of the molecule is O=C1CCC(N2Cc3ccc(CN(CC(F)(F)F)C4CCCNC4)cc3C2=O)C(=O)N1. The number of carbonyl (C=O) groups excluding carboxylic acids is 3. The minimum atomic E-state index is -4.31. The summed E-state index contributed by atoms with van der Waals surface area (Å²) >= 11 is 0. The maximum absolute atomic E-state index is 13.2. The summed E-state index contributed by atoms with van der Waals surface area (Å²) in [4.78, 5) is 39.4. The molecule has 10 heteroatoms. The number of amides is 3. The van der Waals surface area contributed by atoms with Crippen LogP contribution in [0.4, 0.5) is 13.2 Å². The van der Waals surface area contributed by atoms with Gasteiger partial charge in [0.1, 0.15) is 6.04 Å². The number of nitrogens with one attached hydrogen (secondary N) is 2. The molecule has 7 nitrogen and oxygen atoms in total. The molecule has 2 saturated heterocycles. The molecule has 2 N–H and O–H groups in total. The van der Waals surface area contributed by atoms with Crippen LogP contribution in [-0.4, -0.2) is 65.4 Å². The Balaban J connectivity index is 1.51. The number of imide groups is 1. The molecular formula is C21H25F3N4O3. The standard InChI is InChI=1S/C21H25F3N4O3/c22-21(23,24)12-27(15-2-1-7-25-9-15)10-13-3-4-14-11-28(20(31)16(14)8-13)17-5-6-18(29)26-19(17)30/h3-4,8,15,17,25H,1-2,5-7,9-12H2,(H,26,29,30). The van der Waals surface area contributed by atoms with Gasteiger partial charge < -0.3 is 10.2 Å². The van der Waals surface area contributed by atoms with Crippen LogP contribution in [0.1, 0.15) is 47.2 Å². The van der Waals surface area contributed by atoms with E-state index in [4.69, 9.17) is 0 Å². The second-order valence-corrected chi connectivity index (χ2v) is 8.41. The average molecular weight is 438 g/mol. The summed E-state index contributed by atoms with van der Waals surface area (Å²) in [5, 5.41) is 5.41. The van der Waals surface area contributed by atoms with E-state index in [0.29, 0.717) is 24.1 Å². The number of fused-ring (bicyclic) bond motifs is 1. The summed E-state index contributed by atoms with van der Waals surface area (Å²) in [5.41, 5.74) is 1.78. The van der Waals surface area contributed by atoms with Crippen molar-refractivity contribution in [2.45, 2.75) is 57.0 Å². The van der Waals surface area contributed by atoms with Crippen LogP contribution in [0.15, 0.2) is 18.2 Å². The molecule has 3 aliphatic heterocycles. The van der Waals surface area contributed by atoms with Gasteiger partial charge in [-0.25, -0.2) is 0 Å². The van der Waals surface area contributed by atoms with Crippen molar-refractivity contribution in [1.82, 2.24) is 20.4 Å². The van der Waals surface area contributed by atoms with E-state index in [1.807, 2.05) is 0 Å². The van der Waals surface area contributed by atoms with E-state index in [2.05, 4.69) is 10.6 Å². The summed E-state index contributed by atoms with van der Waals surface area (Å²) in [6, 6.07) is 4.21. The Morgan fingerprint density at radius 1 is 1.16 bits per heavy atom. The molecule has 2 fully saturated rings. The number of carbonyl (C=O) groups is 3. The van der Waals surface area contributed by atoms with Crippen molar-refractivity contribution in [2.24, 2.45) is 0 Å². The molecule has 3 amide bonds. The third-order valence-electron chi connectivity index (χ3n) is 6.15. The first-order chi connectivity index (χ1) is 14.7. The van der Waals surface area contributed by atoms with Gasteiger partial charge in [-0.05, 0) is 43.0 Å². The smallest absolute Gasteiger partial charge is 0.322 e. The van der Waals surface area contributed by atoms with E-state index in [1.165, 1.54) is 9.80 Å². The fourth-order valence-electron chi connectivity index (χ4n) is 4.62. The van der Waals surface area contributed by atoms with Gasteiger partial charge in [0.2, 0.25) is 11.8 Å². The van der Waals surface area contributed by atoms with Crippen molar-refractivity contribution in [3.05, 3.63) is 34.9 Å². The lowest BCUT2D eigenvalue weighted by molar-refractivity contribution is -0.153. The van der Waals surface area contributed by atoms with Crippen molar-refractivity contribution in [2.75, 3.05) is 19.6 Å². The molecule has 3 heterocycles. The van der Waals surface area contributed by atoms with Crippen molar-refractivity contribution in [3.63, 3.8) is 0 Å². The first-order valence-electron chi connectivity index (χ1n) is 10.5. The molecule has 2 unspecified atom stereocenters. The largest absolute Gasteiger partial charge is 0.401 e. The van der Waals surface area contributed by atoms with Crippen LogP contribution < -0.4 is 10.6 Å². The lowest BCUT2D eigenvalue weighted by Crippen LogP contribution is -2.52. The Hall–Kier alpha value is -2.46. The molecule has 0 aliphatic carbocycles. The van der Waals surface area contributed by atoms with Crippen LogP contribution in [0, 0.1) is 0 Å². The van der Waals surface area contributed by atoms with Crippen molar-refractivity contribution >= 4 is 17.7 Å². The number of nitrogens with zero attached hydrogens (tertiary/aromatic N) is 2. The Labute approximate surface area is 177 Å². The van der Waals surface area contributed by atoms with Gasteiger partial charge in [-0.1, -0.05) is 12.1 Å². The minimum absolute atomic E-state index is 0.0881. The third kappa shape index (κ3) is 4.90. The summed E-state index contributed by atoms with van der Waals surface area (Å²) in [7, 11) is 0. The molecule has 0 radical (unpaired) electrons. The van der Waals surface area contributed by atoms with Crippen molar-refractivity contribution in [1.29, 1.82) is 0 Å². The number of hydrogen-bond donors (Lipinski definition) is 2. The fourth-order valence-corrected chi connectivity index (χ4v) is 4.62. The second-order valence-electron chi connectivity index (χ2n) is 8.41. The van der Waals surface area contributed by atoms with Gasteiger partial charge in [0.25, 0.3) is 5.91 Å². The van der Waals surface area contributed by atoms with Gasteiger partial charge in [0.05, 0.1) is 6.54 Å². The van der Waals surface area contributed by atoms with E-state index in [1.54, 1.807) is 18.2 Å². The van der Waals surface area contributed by atoms with Crippen LogP contribution in [-0.2, 0) is 22.7 Å². The summed E-state index contributed by atoms with van der Waals surface area (Å²) in [6.07, 6.45) is -2.36. The monoisotopic (exact) mass is 438 g/mol. The molecule has 0 saturated carbocycles. The van der Waals surface area contributed by atoms with E-state index in [-0.39, 0.29) is 43.8 Å². The maximum atomic E-state index is 13.2. The number of rotatable bonds is 5. The Morgan fingerprint density at radius 2 is 1.97 bits per heavy atom. The van der Waals surface area contributed by atoms with Crippen LogP contribution >= 0.6 is 0 Å². The second kappa shape index (κ2) is 8.58. The van der Waals surface area contributed by atoms with Crippen LogP contribution in [0.25, 0.3) is 0 Å². The first-order valence-corrected chi connectivity index (χ1v) is 10.5. The summed E-state index contributed by atoms with van der Waals surface area (Å²) in [6.45, 7) is 0.639. The number of hydrogen-bond acceptors (Lipinski definition) is 5. The maximum Gasteiger partial charge on any atom is 0.401 e. The highest BCUT2D eigenvalue weighted by atomic mass is 19.4. The molecular weight excluding hydrogens is 413 g/mol. The van der Waals surface area contributed by atoms with Gasteiger partial charge in [-0.15, -0.1) is 0 Å². The normalized spacial score (nSPS) is 24.5. The predicted octanol–water partition coefficient (Wildman–Crippen LogP) is 1.56. The average Bonchev–Trinajstić information content (AvgIpc) is 3.03. The van der Waals surface area contributed by atoms with Gasteiger partial charge in [-0.3, -0.25) is 24.6 Å². The highest BCUT2D eigenvalue weighted by Crippen LogP contribution is 2.29. The lowest BCUT2D eigenvalue weighted by Gasteiger charge is -2.35. The number of piperidine rings is 2. The highest BCUT2D eigenvalue weighted by Gasteiger charge is 2.39. The van der Waals surface area contributed by atoms with E-state index in [0.717, 1.165) is 18.5 Å². The quantitative estimate of drug-likeness (QED) is 0.682. The molecule has 0 bridgehead atoms. The van der Waals surface area contributed by atoms with Gasteiger partial charge in [0, 0.05) is 37.7 Å².